The predicted octanol–water partition coefficient (Wildman–Crippen LogP) is 4.24. The van der Waals surface area contributed by atoms with Crippen molar-refractivity contribution in [3.8, 4) is 22.4 Å². The fourth-order valence-corrected chi connectivity index (χ4v) is 4.64. The van der Waals surface area contributed by atoms with Crippen LogP contribution in [0, 0.1) is 5.82 Å². The molecule has 35 heavy (non-hydrogen) atoms. The second-order valence-corrected chi connectivity index (χ2v) is 9.17. The number of pyridine rings is 2. The van der Waals surface area contributed by atoms with Gasteiger partial charge in [0.2, 0.25) is 0 Å². The van der Waals surface area contributed by atoms with Gasteiger partial charge in [-0.15, -0.1) is 0 Å². The Balaban J connectivity index is 1.55. The molecule has 0 saturated heterocycles. The molecule has 0 amide bonds. The van der Waals surface area contributed by atoms with Crippen molar-refractivity contribution < 1.29 is 9.50 Å². The van der Waals surface area contributed by atoms with E-state index in [-0.39, 0.29) is 17.7 Å². The Morgan fingerprint density at radius 2 is 1.71 bits per heavy atom. The summed E-state index contributed by atoms with van der Waals surface area (Å²) >= 11 is 3.25. The zero-order valence-corrected chi connectivity index (χ0v) is 20.2. The maximum atomic E-state index is 13.9. The molecule has 0 aliphatic rings. The largest absolute Gasteiger partial charge is 0.394 e. The van der Waals surface area contributed by atoms with E-state index in [2.05, 4.69) is 26.1 Å². The van der Waals surface area contributed by atoms with Gasteiger partial charge >= 0.3 is 0 Å². The topological polar surface area (TPSA) is 92.9 Å². The number of hydrogen-bond acceptors (Lipinski definition) is 4. The Bertz CT molecular complexity index is 1670. The van der Waals surface area contributed by atoms with Gasteiger partial charge in [0.25, 0.3) is 11.1 Å². The molecular formula is C26H20BrFN4O3. The highest BCUT2D eigenvalue weighted by Gasteiger charge is 2.17. The minimum atomic E-state index is -0.729. The first-order chi connectivity index (χ1) is 16.8. The lowest BCUT2D eigenvalue weighted by Crippen LogP contribution is -2.27. The molecule has 2 aromatic carbocycles. The summed E-state index contributed by atoms with van der Waals surface area (Å²) < 4.78 is 17.3. The van der Waals surface area contributed by atoms with Gasteiger partial charge in [0, 0.05) is 47.0 Å². The molecule has 176 valence electrons. The number of aliphatic hydroxyl groups is 1. The number of hydrogen-bond donors (Lipinski definition) is 2. The number of nitrogens with zero attached hydrogens (tertiary/aromatic N) is 3. The maximum Gasteiger partial charge on any atom is 0.251 e. The number of fused-ring (bicyclic) bond motifs is 1. The highest BCUT2D eigenvalue weighted by atomic mass is 79.9. The van der Waals surface area contributed by atoms with Gasteiger partial charge in [-0.05, 0) is 59.2 Å². The van der Waals surface area contributed by atoms with E-state index in [9.17, 15) is 19.1 Å². The highest BCUT2D eigenvalue weighted by Crippen LogP contribution is 2.30. The van der Waals surface area contributed by atoms with Gasteiger partial charge in [0.15, 0.2) is 0 Å². The molecule has 0 unspecified atom stereocenters. The maximum absolute atomic E-state index is 13.9. The molecule has 9 heteroatoms. The van der Waals surface area contributed by atoms with Crippen molar-refractivity contribution in [2.45, 2.75) is 6.04 Å². The molecular weight excluding hydrogens is 515 g/mol. The van der Waals surface area contributed by atoms with Crippen molar-refractivity contribution >= 4 is 26.8 Å². The fourth-order valence-electron chi connectivity index (χ4n) is 4.16. The molecule has 0 aliphatic heterocycles. The number of H-pyrrole nitrogens is 1. The van der Waals surface area contributed by atoms with Crippen LogP contribution in [0.4, 0.5) is 4.39 Å². The Morgan fingerprint density at radius 3 is 2.43 bits per heavy atom. The predicted molar refractivity (Wildman–Crippen MR) is 136 cm³/mol. The minimum absolute atomic E-state index is 0.137. The van der Waals surface area contributed by atoms with Crippen LogP contribution in [0.3, 0.4) is 0 Å². The molecule has 5 aromatic rings. The van der Waals surface area contributed by atoms with Crippen molar-refractivity contribution in [1.29, 1.82) is 0 Å². The number of benzene rings is 2. The first-order valence-corrected chi connectivity index (χ1v) is 11.6. The quantitative estimate of drug-likeness (QED) is 0.352. The molecule has 5 rings (SSSR count). The molecule has 0 aliphatic carbocycles. The van der Waals surface area contributed by atoms with Crippen LogP contribution < -0.4 is 11.1 Å². The van der Waals surface area contributed by atoms with Gasteiger partial charge in [0.1, 0.15) is 11.5 Å². The number of nitrogens with one attached hydrogen (secondary N) is 1. The Kier molecular flexibility index (Phi) is 5.96. The van der Waals surface area contributed by atoms with Crippen LogP contribution in [-0.2, 0) is 7.05 Å². The van der Waals surface area contributed by atoms with E-state index in [0.29, 0.717) is 26.9 Å². The van der Waals surface area contributed by atoms with Gasteiger partial charge in [-0.2, -0.15) is 5.10 Å². The Hall–Kier alpha value is -3.82. The molecule has 0 bridgehead atoms. The van der Waals surface area contributed by atoms with Crippen LogP contribution in [0.25, 0.3) is 33.3 Å². The molecule has 0 saturated carbocycles. The lowest BCUT2D eigenvalue weighted by atomic mass is 10.0. The van der Waals surface area contributed by atoms with Crippen molar-refractivity contribution in [3.05, 3.63) is 110 Å². The summed E-state index contributed by atoms with van der Waals surface area (Å²) in [6.45, 7) is -0.365. The molecule has 7 nitrogen and oxygen atoms in total. The average Bonchev–Trinajstić information content (AvgIpc) is 3.25. The minimum Gasteiger partial charge on any atom is -0.394 e. The first-order valence-electron chi connectivity index (χ1n) is 10.8. The summed E-state index contributed by atoms with van der Waals surface area (Å²) in [5, 5.41) is 18.1. The summed E-state index contributed by atoms with van der Waals surface area (Å²) in [6.07, 6.45) is 3.29. The third kappa shape index (κ3) is 4.36. The monoisotopic (exact) mass is 534 g/mol. The fraction of sp³-hybridized carbons (Fsp3) is 0.115. The highest BCUT2D eigenvalue weighted by molar-refractivity contribution is 9.10. The lowest BCUT2D eigenvalue weighted by Gasteiger charge is -2.19. The zero-order valence-electron chi connectivity index (χ0n) is 18.6. The van der Waals surface area contributed by atoms with Crippen LogP contribution in [0.5, 0.6) is 0 Å². The van der Waals surface area contributed by atoms with Gasteiger partial charge < -0.3 is 14.2 Å². The lowest BCUT2D eigenvalue weighted by molar-refractivity contribution is 0.246. The van der Waals surface area contributed by atoms with Crippen molar-refractivity contribution in [3.63, 3.8) is 0 Å². The summed E-state index contributed by atoms with van der Waals surface area (Å²) in [6, 6.07) is 15.8. The molecule has 3 heterocycles. The van der Waals surface area contributed by atoms with Crippen molar-refractivity contribution in [2.24, 2.45) is 7.05 Å². The van der Waals surface area contributed by atoms with Crippen LogP contribution >= 0.6 is 15.9 Å². The van der Waals surface area contributed by atoms with Crippen LogP contribution in [0.15, 0.2) is 87.1 Å². The van der Waals surface area contributed by atoms with Gasteiger partial charge in [0.05, 0.1) is 18.2 Å². The van der Waals surface area contributed by atoms with E-state index in [0.717, 1.165) is 16.5 Å². The van der Waals surface area contributed by atoms with Gasteiger partial charge in [-0.1, -0.05) is 22.0 Å². The summed E-state index contributed by atoms with van der Waals surface area (Å²) in [4.78, 5) is 25.1. The van der Waals surface area contributed by atoms with Gasteiger partial charge in [-0.25, -0.2) is 4.39 Å². The molecule has 2 N–H and O–H groups in total. The number of halogens is 2. The van der Waals surface area contributed by atoms with E-state index in [1.54, 1.807) is 31.6 Å². The Morgan fingerprint density at radius 1 is 0.971 bits per heavy atom. The number of rotatable bonds is 5. The first kappa shape index (κ1) is 22.9. The average molecular weight is 535 g/mol. The summed E-state index contributed by atoms with van der Waals surface area (Å²) in [5.41, 5.74) is 3.62. The van der Waals surface area contributed by atoms with Crippen molar-refractivity contribution in [1.82, 2.24) is 19.3 Å². The zero-order chi connectivity index (χ0) is 24.7. The van der Waals surface area contributed by atoms with Gasteiger partial charge in [-0.3, -0.25) is 14.7 Å². The Labute approximate surface area is 207 Å². The second kappa shape index (κ2) is 9.09. The standard InChI is InChI=1S/C26H20BrFN4O3/c1-31-6-4-17(12-24(31)34)26-21-10-15(2-3-22(21)29-30-26)16-5-7-32(25(35)11-16)23(14-33)18-8-19(27)13-20(28)9-18/h2-13,23,33H,14H2,1H3,(H,29,30)/t23-/m1/s1. The molecule has 0 fully saturated rings. The number of aromatic nitrogens is 4. The van der Waals surface area contributed by atoms with Crippen LogP contribution in [0.2, 0.25) is 0 Å². The SMILES string of the molecule is Cn1ccc(-c2n[nH]c3ccc(-c4ccn([C@H](CO)c5cc(F)cc(Br)c5)c(=O)c4)cc23)cc1=O. The second-order valence-electron chi connectivity index (χ2n) is 8.26. The normalized spacial score (nSPS) is 12.2. The molecule has 0 spiro atoms. The molecule has 1 atom stereocenters. The summed E-state index contributed by atoms with van der Waals surface area (Å²) in [5.74, 6) is -0.460. The number of aryl methyl sites for hydroxylation is 1. The van der Waals surface area contributed by atoms with E-state index >= 15 is 0 Å². The van der Waals surface area contributed by atoms with E-state index in [1.165, 1.54) is 33.4 Å². The van der Waals surface area contributed by atoms with Crippen LogP contribution in [0.1, 0.15) is 11.6 Å². The number of aliphatic hydroxyl groups excluding tert-OH is 1. The summed E-state index contributed by atoms with van der Waals surface area (Å²) in [7, 11) is 1.68. The smallest absolute Gasteiger partial charge is 0.251 e. The van der Waals surface area contributed by atoms with Crippen molar-refractivity contribution in [2.75, 3.05) is 6.61 Å². The van der Waals surface area contributed by atoms with Crippen LogP contribution in [-0.4, -0.2) is 31.0 Å². The molecule has 3 aromatic heterocycles. The van der Waals surface area contributed by atoms with E-state index in [4.69, 9.17) is 0 Å². The molecule has 0 radical (unpaired) electrons. The third-order valence-electron chi connectivity index (χ3n) is 6.00. The number of aromatic amines is 1. The third-order valence-corrected chi connectivity index (χ3v) is 6.46. The van der Waals surface area contributed by atoms with E-state index in [1.807, 2.05) is 24.3 Å². The van der Waals surface area contributed by atoms with E-state index < -0.39 is 11.9 Å².